The van der Waals surface area contributed by atoms with Gasteiger partial charge in [0.15, 0.2) is 0 Å². The van der Waals surface area contributed by atoms with E-state index in [1.54, 1.807) is 0 Å². The summed E-state index contributed by atoms with van der Waals surface area (Å²) in [6.07, 6.45) is 24.5. The van der Waals surface area contributed by atoms with Crippen molar-refractivity contribution in [1.82, 2.24) is 0 Å². The fraction of sp³-hybridized carbons (Fsp3) is 0.231. The molecule has 0 radical (unpaired) electrons. The van der Waals surface area contributed by atoms with E-state index in [0.717, 1.165) is 19.3 Å². The van der Waals surface area contributed by atoms with Crippen LogP contribution in [0.15, 0.2) is 60.8 Å². The molecule has 0 aromatic rings. The molecule has 1 aliphatic rings. The van der Waals surface area contributed by atoms with Gasteiger partial charge in [-0.25, -0.2) is 0 Å². The monoisotopic (exact) mass is 172 g/mol. The topological polar surface area (TPSA) is 0 Å². The summed E-state index contributed by atoms with van der Waals surface area (Å²) in [6, 6.07) is 0. The van der Waals surface area contributed by atoms with E-state index >= 15 is 0 Å². The number of rotatable bonds is 0. The Morgan fingerprint density at radius 1 is 0.462 bits per heavy atom. The van der Waals surface area contributed by atoms with Crippen LogP contribution in [0, 0.1) is 0 Å². The van der Waals surface area contributed by atoms with Crippen molar-refractivity contribution in [3.05, 3.63) is 60.8 Å². The van der Waals surface area contributed by atoms with Gasteiger partial charge in [-0.3, -0.25) is 0 Å². The van der Waals surface area contributed by atoms with Crippen molar-refractivity contribution in [2.75, 3.05) is 0 Å². The SMILES string of the molecule is C1=CC/C=C/C=C\C=C\CC/C=C\1. The van der Waals surface area contributed by atoms with Gasteiger partial charge in [-0.05, 0) is 19.3 Å². The third kappa shape index (κ3) is 5.92. The first-order valence-electron chi connectivity index (χ1n) is 4.80. The van der Waals surface area contributed by atoms with Gasteiger partial charge < -0.3 is 0 Å². The van der Waals surface area contributed by atoms with Crippen LogP contribution in [0.3, 0.4) is 0 Å². The molecule has 1 aliphatic carbocycles. The molecule has 0 fully saturated rings. The highest BCUT2D eigenvalue weighted by atomic mass is 13.8. The Labute approximate surface area is 80.7 Å². The summed E-state index contributed by atoms with van der Waals surface area (Å²) in [6.45, 7) is 0. The first kappa shape index (κ1) is 9.79. The van der Waals surface area contributed by atoms with Crippen LogP contribution in [0.5, 0.6) is 0 Å². The molecule has 0 saturated carbocycles. The molecular weight excluding hydrogens is 156 g/mol. The van der Waals surface area contributed by atoms with Crippen molar-refractivity contribution >= 4 is 0 Å². The van der Waals surface area contributed by atoms with Gasteiger partial charge in [-0.2, -0.15) is 0 Å². The molecule has 0 N–H and O–H groups in total. The molecule has 68 valence electrons. The fourth-order valence-electron chi connectivity index (χ4n) is 1.06. The van der Waals surface area contributed by atoms with Gasteiger partial charge in [0.05, 0.1) is 0 Å². The highest BCUT2D eigenvalue weighted by Gasteiger charge is 1.75. The highest BCUT2D eigenvalue weighted by Crippen LogP contribution is 1.96. The lowest BCUT2D eigenvalue weighted by molar-refractivity contribution is 1.05. The highest BCUT2D eigenvalue weighted by molar-refractivity contribution is 5.13. The summed E-state index contributed by atoms with van der Waals surface area (Å²) < 4.78 is 0. The predicted octanol–water partition coefficient (Wildman–Crippen LogP) is 3.95. The maximum atomic E-state index is 2.20. The molecule has 0 unspecified atom stereocenters. The van der Waals surface area contributed by atoms with E-state index in [0.29, 0.717) is 0 Å². The fourth-order valence-corrected chi connectivity index (χ4v) is 1.06. The Bertz CT molecular complexity index is 249. The standard InChI is InChI=1S/C13H16/c1-2-4-6-8-10-12-13-11-9-7-5-3-1/h1-6,9,11-13H,7-8,10H2/b2-1-,5-3+,6-4+,11-9?,13-12-. The van der Waals surface area contributed by atoms with Crippen LogP contribution >= 0.6 is 0 Å². The van der Waals surface area contributed by atoms with Gasteiger partial charge in [0.25, 0.3) is 0 Å². The second kappa shape index (κ2) is 7.35. The molecule has 0 saturated heterocycles. The Hall–Kier alpha value is -1.30. The zero-order valence-electron chi connectivity index (χ0n) is 7.89. The zero-order valence-corrected chi connectivity index (χ0v) is 7.89. The second-order valence-corrected chi connectivity index (χ2v) is 2.91. The number of hydrogen-bond acceptors (Lipinski definition) is 0. The van der Waals surface area contributed by atoms with Crippen LogP contribution in [0.25, 0.3) is 0 Å². The molecule has 0 amide bonds. The van der Waals surface area contributed by atoms with Gasteiger partial charge in [0.1, 0.15) is 0 Å². The van der Waals surface area contributed by atoms with Crippen molar-refractivity contribution in [1.29, 1.82) is 0 Å². The van der Waals surface area contributed by atoms with E-state index in [2.05, 4.69) is 60.8 Å². The van der Waals surface area contributed by atoms with Crippen molar-refractivity contribution in [2.24, 2.45) is 0 Å². The number of allylic oxidation sites excluding steroid dienone is 10. The van der Waals surface area contributed by atoms with Gasteiger partial charge >= 0.3 is 0 Å². The zero-order chi connectivity index (χ0) is 9.19. The maximum absolute atomic E-state index is 2.20. The molecule has 0 heteroatoms. The van der Waals surface area contributed by atoms with E-state index < -0.39 is 0 Å². The van der Waals surface area contributed by atoms with Crippen LogP contribution < -0.4 is 0 Å². The smallest absolute Gasteiger partial charge is 0.0163 e. The van der Waals surface area contributed by atoms with Gasteiger partial charge in [0.2, 0.25) is 0 Å². The molecule has 0 nitrogen and oxygen atoms in total. The Morgan fingerprint density at radius 3 is 1.62 bits per heavy atom. The minimum Gasteiger partial charge on any atom is -0.0842 e. The molecule has 1 rings (SSSR count). The molecule has 0 aliphatic heterocycles. The van der Waals surface area contributed by atoms with Crippen LogP contribution in [0.1, 0.15) is 19.3 Å². The van der Waals surface area contributed by atoms with Crippen LogP contribution in [0.2, 0.25) is 0 Å². The first-order chi connectivity index (χ1) is 6.50. The quantitative estimate of drug-likeness (QED) is 0.519. The lowest BCUT2D eigenvalue weighted by Crippen LogP contribution is -1.62. The van der Waals surface area contributed by atoms with E-state index in [1.807, 2.05) is 0 Å². The van der Waals surface area contributed by atoms with E-state index in [4.69, 9.17) is 0 Å². The van der Waals surface area contributed by atoms with Gasteiger partial charge in [-0.15, -0.1) is 0 Å². The average molecular weight is 172 g/mol. The Morgan fingerprint density at radius 2 is 0.923 bits per heavy atom. The predicted molar refractivity (Wildman–Crippen MR) is 59.6 cm³/mol. The molecule has 0 heterocycles. The Balaban J connectivity index is 2.49. The summed E-state index contributed by atoms with van der Waals surface area (Å²) in [5.74, 6) is 0. The lowest BCUT2D eigenvalue weighted by Gasteiger charge is -1.83. The second-order valence-electron chi connectivity index (χ2n) is 2.91. The van der Waals surface area contributed by atoms with Crippen molar-refractivity contribution in [2.45, 2.75) is 19.3 Å². The van der Waals surface area contributed by atoms with Crippen LogP contribution in [-0.4, -0.2) is 0 Å². The van der Waals surface area contributed by atoms with Crippen molar-refractivity contribution in [3.63, 3.8) is 0 Å². The molecule has 0 bridgehead atoms. The summed E-state index contributed by atoms with van der Waals surface area (Å²) in [5.41, 5.74) is 0. The average Bonchev–Trinajstić information content (AvgIpc) is 2.18. The van der Waals surface area contributed by atoms with Crippen molar-refractivity contribution in [3.8, 4) is 0 Å². The minimum absolute atomic E-state index is 1.01. The van der Waals surface area contributed by atoms with E-state index in [9.17, 15) is 0 Å². The molecular formula is C13H16. The van der Waals surface area contributed by atoms with E-state index in [1.165, 1.54) is 0 Å². The molecule has 0 aromatic heterocycles. The number of hydrogen-bond donors (Lipinski definition) is 0. The van der Waals surface area contributed by atoms with Crippen molar-refractivity contribution < 1.29 is 0 Å². The molecule has 13 heavy (non-hydrogen) atoms. The van der Waals surface area contributed by atoms with E-state index in [-0.39, 0.29) is 0 Å². The minimum atomic E-state index is 1.01. The first-order valence-corrected chi connectivity index (χ1v) is 4.80. The summed E-state index contributed by atoms with van der Waals surface area (Å²) >= 11 is 0. The summed E-state index contributed by atoms with van der Waals surface area (Å²) in [5, 5.41) is 0. The molecule has 0 spiro atoms. The van der Waals surface area contributed by atoms with Crippen LogP contribution in [-0.2, 0) is 0 Å². The summed E-state index contributed by atoms with van der Waals surface area (Å²) in [7, 11) is 0. The largest absolute Gasteiger partial charge is 0.0842 e. The Kier molecular flexibility index (Phi) is 5.54. The van der Waals surface area contributed by atoms with Crippen LogP contribution in [0.4, 0.5) is 0 Å². The third-order valence-corrected chi connectivity index (χ3v) is 1.76. The normalized spacial score (nSPS) is 27.7. The maximum Gasteiger partial charge on any atom is -0.0163 e. The lowest BCUT2D eigenvalue weighted by atomic mass is 10.2. The summed E-state index contributed by atoms with van der Waals surface area (Å²) in [4.78, 5) is 0. The molecule has 0 atom stereocenters. The van der Waals surface area contributed by atoms with Gasteiger partial charge in [-0.1, -0.05) is 60.8 Å². The third-order valence-electron chi connectivity index (χ3n) is 1.76. The molecule has 0 aromatic carbocycles. The van der Waals surface area contributed by atoms with Gasteiger partial charge in [0, 0.05) is 0 Å².